The molecule has 1 unspecified atom stereocenters. The van der Waals surface area contributed by atoms with Gasteiger partial charge in [-0.05, 0) is 26.0 Å². The summed E-state index contributed by atoms with van der Waals surface area (Å²) in [4.78, 5) is 1.27. The van der Waals surface area contributed by atoms with Gasteiger partial charge in [0.25, 0.3) is 0 Å². The summed E-state index contributed by atoms with van der Waals surface area (Å²) in [6, 6.07) is 7.55. The van der Waals surface area contributed by atoms with Gasteiger partial charge in [-0.1, -0.05) is 32.0 Å². The lowest BCUT2D eigenvalue weighted by molar-refractivity contribution is 0.476. The maximum atomic E-state index is 12.8. The number of sulfonamides is 1. The monoisotopic (exact) mass is 326 g/mol. The number of thiophene rings is 1. The fourth-order valence-corrected chi connectivity index (χ4v) is 5.43. The van der Waals surface area contributed by atoms with Crippen LogP contribution >= 0.6 is 11.3 Å². The quantitative estimate of drug-likeness (QED) is 0.858. The molecule has 0 aliphatic carbocycles. The van der Waals surface area contributed by atoms with Gasteiger partial charge in [0.1, 0.15) is 4.90 Å². The molecule has 0 saturated carbocycles. The van der Waals surface area contributed by atoms with Crippen molar-refractivity contribution in [2.45, 2.75) is 38.3 Å². The fourth-order valence-electron chi connectivity index (χ4n) is 2.08. The van der Waals surface area contributed by atoms with Crippen LogP contribution < -0.4 is 10.0 Å². The molecule has 1 heterocycles. The first kappa shape index (κ1) is 16.4. The second kappa shape index (κ2) is 6.44. The SMILES string of the molecule is CNCc1sc2ccccc2c1S(=O)(=O)NC(C)C(C)C. The van der Waals surface area contributed by atoms with Crippen molar-refractivity contribution in [1.29, 1.82) is 0 Å². The Labute approximate surface area is 130 Å². The van der Waals surface area contributed by atoms with E-state index in [2.05, 4.69) is 10.0 Å². The molecule has 0 spiro atoms. The minimum Gasteiger partial charge on any atom is -0.315 e. The molecule has 0 fully saturated rings. The Hall–Kier alpha value is -0.950. The van der Waals surface area contributed by atoms with Gasteiger partial charge >= 0.3 is 0 Å². The van der Waals surface area contributed by atoms with Crippen LogP contribution in [-0.4, -0.2) is 21.5 Å². The summed E-state index contributed by atoms with van der Waals surface area (Å²) in [6.07, 6.45) is 0. The van der Waals surface area contributed by atoms with Crippen LogP contribution in [0.15, 0.2) is 29.2 Å². The van der Waals surface area contributed by atoms with E-state index in [1.807, 2.05) is 52.1 Å². The van der Waals surface area contributed by atoms with Gasteiger partial charge in [-0.25, -0.2) is 13.1 Å². The third-order valence-electron chi connectivity index (χ3n) is 3.57. The minimum absolute atomic E-state index is 0.101. The van der Waals surface area contributed by atoms with Crippen LogP contribution in [-0.2, 0) is 16.6 Å². The maximum absolute atomic E-state index is 12.8. The molecule has 4 nitrogen and oxygen atoms in total. The van der Waals surface area contributed by atoms with Crippen molar-refractivity contribution in [1.82, 2.24) is 10.0 Å². The van der Waals surface area contributed by atoms with Gasteiger partial charge in [0.2, 0.25) is 10.0 Å². The number of rotatable bonds is 6. The van der Waals surface area contributed by atoms with Crippen LogP contribution in [0.5, 0.6) is 0 Å². The second-order valence-corrected chi connectivity index (χ2v) is 8.32. The molecule has 21 heavy (non-hydrogen) atoms. The van der Waals surface area contributed by atoms with Crippen molar-refractivity contribution in [3.05, 3.63) is 29.1 Å². The highest BCUT2D eigenvalue weighted by atomic mass is 32.2. The first-order chi connectivity index (χ1) is 9.86. The van der Waals surface area contributed by atoms with Crippen molar-refractivity contribution < 1.29 is 8.42 Å². The van der Waals surface area contributed by atoms with Gasteiger partial charge in [0.05, 0.1) is 0 Å². The Balaban J connectivity index is 2.55. The van der Waals surface area contributed by atoms with Crippen molar-refractivity contribution in [2.75, 3.05) is 7.05 Å². The molecule has 0 radical (unpaired) electrons. The zero-order chi connectivity index (χ0) is 15.6. The molecule has 116 valence electrons. The molecular formula is C15H22N2O2S2. The van der Waals surface area contributed by atoms with Gasteiger partial charge in [-0.3, -0.25) is 0 Å². The smallest absolute Gasteiger partial charge is 0.242 e. The molecule has 6 heteroatoms. The third-order valence-corrected chi connectivity index (χ3v) is 6.55. The van der Waals surface area contributed by atoms with Crippen LogP contribution in [0.25, 0.3) is 10.1 Å². The Kier molecular flexibility index (Phi) is 5.03. The molecule has 0 saturated heterocycles. The van der Waals surface area contributed by atoms with E-state index in [-0.39, 0.29) is 12.0 Å². The summed E-state index contributed by atoms with van der Waals surface area (Å²) >= 11 is 1.53. The Morgan fingerprint density at radius 3 is 2.48 bits per heavy atom. The number of fused-ring (bicyclic) bond motifs is 1. The average Bonchev–Trinajstić information content (AvgIpc) is 2.77. The molecule has 1 atom stereocenters. The predicted molar refractivity (Wildman–Crippen MR) is 89.2 cm³/mol. The van der Waals surface area contributed by atoms with Crippen LogP contribution in [0.4, 0.5) is 0 Å². The van der Waals surface area contributed by atoms with Crippen LogP contribution in [0.3, 0.4) is 0 Å². The van der Waals surface area contributed by atoms with Crippen molar-refractivity contribution in [3.8, 4) is 0 Å². The van der Waals surface area contributed by atoms with Crippen molar-refractivity contribution >= 4 is 31.4 Å². The summed E-state index contributed by atoms with van der Waals surface area (Å²) in [5, 5.41) is 3.85. The molecule has 0 amide bonds. The van der Waals surface area contributed by atoms with Gasteiger partial charge < -0.3 is 5.32 Å². The second-order valence-electron chi connectivity index (χ2n) is 5.53. The van der Waals surface area contributed by atoms with E-state index in [9.17, 15) is 8.42 Å². The van der Waals surface area contributed by atoms with E-state index in [4.69, 9.17) is 0 Å². The molecule has 0 aliphatic heterocycles. The summed E-state index contributed by atoms with van der Waals surface area (Å²) < 4.78 is 29.4. The lowest BCUT2D eigenvalue weighted by Gasteiger charge is -2.18. The van der Waals surface area contributed by atoms with Gasteiger partial charge in [0.15, 0.2) is 0 Å². The number of hydrogen-bond acceptors (Lipinski definition) is 4. The summed E-state index contributed by atoms with van der Waals surface area (Å²) in [6.45, 7) is 6.46. The fraction of sp³-hybridized carbons (Fsp3) is 0.467. The summed E-state index contributed by atoms with van der Waals surface area (Å²) in [5.41, 5.74) is 0. The maximum Gasteiger partial charge on any atom is 0.242 e. The van der Waals surface area contributed by atoms with E-state index in [1.165, 1.54) is 11.3 Å². The van der Waals surface area contributed by atoms with E-state index in [0.29, 0.717) is 11.4 Å². The minimum atomic E-state index is -3.52. The van der Waals surface area contributed by atoms with Crippen LogP contribution in [0.2, 0.25) is 0 Å². The van der Waals surface area contributed by atoms with Crippen LogP contribution in [0, 0.1) is 5.92 Å². The largest absolute Gasteiger partial charge is 0.315 e. The molecule has 1 aromatic heterocycles. The first-order valence-electron chi connectivity index (χ1n) is 7.04. The normalized spacial score (nSPS) is 14.0. The molecule has 2 rings (SSSR count). The molecule has 1 aromatic carbocycles. The standard InChI is InChI=1S/C15H22N2O2S2/c1-10(2)11(3)17-21(18,19)15-12-7-5-6-8-13(12)20-14(15)9-16-4/h5-8,10-11,16-17H,9H2,1-4H3. The highest BCUT2D eigenvalue weighted by Gasteiger charge is 2.26. The van der Waals surface area contributed by atoms with E-state index in [1.54, 1.807) is 0 Å². The summed E-state index contributed by atoms with van der Waals surface area (Å²) in [7, 11) is -1.70. The average molecular weight is 326 g/mol. The predicted octanol–water partition coefficient (Wildman–Crippen LogP) is 2.94. The Bertz CT molecular complexity index is 720. The lowest BCUT2D eigenvalue weighted by Crippen LogP contribution is -2.36. The Morgan fingerprint density at radius 1 is 1.19 bits per heavy atom. The topological polar surface area (TPSA) is 58.2 Å². The number of hydrogen-bond donors (Lipinski definition) is 2. The number of benzene rings is 1. The number of nitrogens with one attached hydrogen (secondary N) is 2. The Morgan fingerprint density at radius 2 is 1.86 bits per heavy atom. The van der Waals surface area contributed by atoms with E-state index < -0.39 is 10.0 Å². The molecule has 0 aliphatic rings. The van der Waals surface area contributed by atoms with Gasteiger partial charge in [0, 0.05) is 27.5 Å². The third kappa shape index (κ3) is 3.45. The zero-order valence-corrected chi connectivity index (χ0v) is 14.4. The molecule has 2 N–H and O–H groups in total. The van der Waals surface area contributed by atoms with Crippen molar-refractivity contribution in [3.63, 3.8) is 0 Å². The zero-order valence-electron chi connectivity index (χ0n) is 12.8. The van der Waals surface area contributed by atoms with Crippen LogP contribution in [0.1, 0.15) is 25.6 Å². The van der Waals surface area contributed by atoms with E-state index >= 15 is 0 Å². The molecule has 0 bridgehead atoms. The lowest BCUT2D eigenvalue weighted by atomic mass is 10.1. The summed E-state index contributed by atoms with van der Waals surface area (Å²) in [5.74, 6) is 0.248. The highest BCUT2D eigenvalue weighted by molar-refractivity contribution is 7.90. The molecular weight excluding hydrogens is 304 g/mol. The van der Waals surface area contributed by atoms with Crippen molar-refractivity contribution in [2.24, 2.45) is 5.92 Å². The van der Waals surface area contributed by atoms with Gasteiger partial charge in [-0.2, -0.15) is 0 Å². The van der Waals surface area contributed by atoms with Gasteiger partial charge in [-0.15, -0.1) is 11.3 Å². The first-order valence-corrected chi connectivity index (χ1v) is 9.34. The molecule has 2 aromatic rings. The highest BCUT2D eigenvalue weighted by Crippen LogP contribution is 2.34. The van der Waals surface area contributed by atoms with E-state index in [0.717, 1.165) is 15.0 Å².